The first-order valence-corrected chi connectivity index (χ1v) is 3.13. The van der Waals surface area contributed by atoms with Crippen LogP contribution < -0.4 is 5.32 Å². The summed E-state index contributed by atoms with van der Waals surface area (Å²) in [4.78, 5) is 10.8. The number of allylic oxidation sites excluding steroid dienone is 1. The van der Waals surface area contributed by atoms with Crippen molar-refractivity contribution in [3.63, 3.8) is 0 Å². The van der Waals surface area contributed by atoms with E-state index < -0.39 is 0 Å². The maximum absolute atomic E-state index is 10.8. The molecule has 50 valence electrons. The van der Waals surface area contributed by atoms with Gasteiger partial charge in [0, 0.05) is 13.0 Å². The minimum Gasteiger partial charge on any atom is -0.359 e. The van der Waals surface area contributed by atoms with E-state index in [9.17, 15) is 4.79 Å². The van der Waals surface area contributed by atoms with Gasteiger partial charge in [-0.25, -0.2) is 0 Å². The van der Waals surface area contributed by atoms with Gasteiger partial charge < -0.3 is 5.32 Å². The van der Waals surface area contributed by atoms with E-state index in [2.05, 4.69) is 11.9 Å². The van der Waals surface area contributed by atoms with Gasteiger partial charge in [0.25, 0.3) is 0 Å². The van der Waals surface area contributed by atoms with Crippen LogP contribution in [0.25, 0.3) is 0 Å². The molecule has 0 aliphatic heterocycles. The third-order valence-corrected chi connectivity index (χ3v) is 1.73. The molecule has 0 bridgehead atoms. The summed E-state index contributed by atoms with van der Waals surface area (Å²) in [6, 6.07) is 0. The zero-order chi connectivity index (χ0) is 6.85. The molecule has 1 rings (SSSR count). The van der Waals surface area contributed by atoms with Gasteiger partial charge in [0.05, 0.1) is 0 Å². The van der Waals surface area contributed by atoms with Crippen molar-refractivity contribution in [2.24, 2.45) is 11.8 Å². The van der Waals surface area contributed by atoms with Crippen LogP contribution in [0.1, 0.15) is 6.42 Å². The fraction of sp³-hybridized carbons (Fsp3) is 0.571. The van der Waals surface area contributed by atoms with Crippen LogP contribution in [0.5, 0.6) is 0 Å². The van der Waals surface area contributed by atoms with E-state index in [0.29, 0.717) is 5.92 Å². The molecule has 1 N–H and O–H groups in total. The van der Waals surface area contributed by atoms with Gasteiger partial charge in [-0.1, -0.05) is 6.08 Å². The minimum atomic E-state index is 0.153. The number of carbonyl (C=O) groups is 1. The lowest BCUT2D eigenvalue weighted by Crippen LogP contribution is -2.20. The molecule has 0 aromatic rings. The summed E-state index contributed by atoms with van der Waals surface area (Å²) in [5, 5.41) is 2.60. The van der Waals surface area contributed by atoms with Crippen molar-refractivity contribution in [3.05, 3.63) is 12.7 Å². The van der Waals surface area contributed by atoms with E-state index in [0.717, 1.165) is 6.42 Å². The maximum atomic E-state index is 10.8. The Labute approximate surface area is 54.9 Å². The molecule has 1 amide bonds. The van der Waals surface area contributed by atoms with E-state index in [4.69, 9.17) is 0 Å². The molecule has 0 heterocycles. The first-order chi connectivity index (χ1) is 4.29. The summed E-state index contributed by atoms with van der Waals surface area (Å²) in [6.45, 7) is 3.61. The minimum absolute atomic E-state index is 0.153. The second-order valence-corrected chi connectivity index (χ2v) is 2.36. The van der Waals surface area contributed by atoms with Gasteiger partial charge >= 0.3 is 0 Å². The Hall–Kier alpha value is -0.790. The Bertz CT molecular complexity index is 142. The van der Waals surface area contributed by atoms with Crippen LogP contribution in [0.4, 0.5) is 0 Å². The first-order valence-electron chi connectivity index (χ1n) is 3.13. The highest BCUT2D eigenvalue weighted by molar-refractivity contribution is 5.81. The van der Waals surface area contributed by atoms with E-state index >= 15 is 0 Å². The third-order valence-electron chi connectivity index (χ3n) is 1.73. The molecule has 9 heavy (non-hydrogen) atoms. The Morgan fingerprint density at radius 3 is 2.89 bits per heavy atom. The summed E-state index contributed by atoms with van der Waals surface area (Å²) < 4.78 is 0. The van der Waals surface area contributed by atoms with Crippen molar-refractivity contribution in [1.82, 2.24) is 5.32 Å². The van der Waals surface area contributed by atoms with Crippen LogP contribution >= 0.6 is 0 Å². The quantitative estimate of drug-likeness (QED) is 0.537. The molecule has 0 saturated heterocycles. The second kappa shape index (κ2) is 2.21. The molecule has 0 spiro atoms. The van der Waals surface area contributed by atoms with E-state index in [1.54, 1.807) is 7.05 Å². The van der Waals surface area contributed by atoms with Crippen LogP contribution in [-0.4, -0.2) is 13.0 Å². The number of hydrogen-bond donors (Lipinski definition) is 1. The first kappa shape index (κ1) is 6.33. The normalized spacial score (nSPS) is 31.2. The number of carbonyl (C=O) groups excluding carboxylic acids is 1. The van der Waals surface area contributed by atoms with Gasteiger partial charge in [-0.15, -0.1) is 6.58 Å². The van der Waals surface area contributed by atoms with Crippen LogP contribution in [0.3, 0.4) is 0 Å². The molecule has 1 saturated carbocycles. The molecule has 0 aromatic heterocycles. The highest BCUT2D eigenvalue weighted by Gasteiger charge is 2.39. The third kappa shape index (κ3) is 1.12. The molecule has 1 fully saturated rings. The predicted molar refractivity (Wildman–Crippen MR) is 35.9 cm³/mol. The van der Waals surface area contributed by atoms with E-state index in [-0.39, 0.29) is 11.8 Å². The zero-order valence-corrected chi connectivity index (χ0v) is 5.55. The fourth-order valence-electron chi connectivity index (χ4n) is 0.962. The largest absolute Gasteiger partial charge is 0.359 e. The molecule has 0 unspecified atom stereocenters. The van der Waals surface area contributed by atoms with Crippen LogP contribution in [0, 0.1) is 11.8 Å². The van der Waals surface area contributed by atoms with Crippen molar-refractivity contribution < 1.29 is 4.79 Å². The molecular weight excluding hydrogens is 114 g/mol. The summed E-state index contributed by atoms with van der Waals surface area (Å²) >= 11 is 0. The smallest absolute Gasteiger partial charge is 0.223 e. The van der Waals surface area contributed by atoms with Crippen LogP contribution in [-0.2, 0) is 4.79 Å². The molecule has 1 aliphatic rings. The molecule has 1 aliphatic carbocycles. The van der Waals surface area contributed by atoms with Gasteiger partial charge in [0.15, 0.2) is 0 Å². The average Bonchev–Trinajstić information content (AvgIpc) is 2.64. The van der Waals surface area contributed by atoms with Crippen molar-refractivity contribution in [1.29, 1.82) is 0 Å². The summed E-state index contributed by atoms with van der Waals surface area (Å²) in [5.41, 5.74) is 0. The van der Waals surface area contributed by atoms with Crippen molar-refractivity contribution in [2.75, 3.05) is 7.05 Å². The standard InChI is InChI=1S/C7H11NO/c1-3-5-4-6(5)7(9)8-2/h3,5-6H,1,4H2,2H3,(H,8,9)/t5-,6-/m0/s1. The Morgan fingerprint density at radius 1 is 1.89 bits per heavy atom. The number of nitrogens with one attached hydrogen (secondary N) is 1. The van der Waals surface area contributed by atoms with Crippen molar-refractivity contribution in [2.45, 2.75) is 6.42 Å². The van der Waals surface area contributed by atoms with Gasteiger partial charge in [-0.2, -0.15) is 0 Å². The van der Waals surface area contributed by atoms with Gasteiger partial charge in [0.1, 0.15) is 0 Å². The van der Waals surface area contributed by atoms with E-state index in [1.807, 2.05) is 6.08 Å². The van der Waals surface area contributed by atoms with Gasteiger partial charge in [-0.05, 0) is 12.3 Å². The average molecular weight is 125 g/mol. The summed E-state index contributed by atoms with van der Waals surface area (Å²) in [6.07, 6.45) is 2.84. The Balaban J connectivity index is 2.33. The van der Waals surface area contributed by atoms with Crippen molar-refractivity contribution in [3.8, 4) is 0 Å². The summed E-state index contributed by atoms with van der Waals surface area (Å²) in [5.74, 6) is 0.831. The second-order valence-electron chi connectivity index (χ2n) is 2.36. The monoisotopic (exact) mass is 125 g/mol. The maximum Gasteiger partial charge on any atom is 0.223 e. The van der Waals surface area contributed by atoms with Crippen LogP contribution in [0.2, 0.25) is 0 Å². The highest BCUT2D eigenvalue weighted by Crippen LogP contribution is 2.38. The number of amides is 1. The Morgan fingerprint density at radius 2 is 2.56 bits per heavy atom. The zero-order valence-electron chi connectivity index (χ0n) is 5.55. The summed E-state index contributed by atoms with van der Waals surface area (Å²) in [7, 11) is 1.67. The molecule has 2 heteroatoms. The number of hydrogen-bond acceptors (Lipinski definition) is 1. The highest BCUT2D eigenvalue weighted by atomic mass is 16.1. The lowest BCUT2D eigenvalue weighted by atomic mass is 10.3. The molecule has 2 atom stereocenters. The SMILES string of the molecule is C=C[C@H]1C[C@@H]1C(=O)NC. The molecule has 2 nitrogen and oxygen atoms in total. The molecule has 0 aromatic carbocycles. The van der Waals surface area contributed by atoms with Gasteiger partial charge in [0.2, 0.25) is 5.91 Å². The van der Waals surface area contributed by atoms with Crippen LogP contribution in [0.15, 0.2) is 12.7 Å². The number of rotatable bonds is 2. The Kier molecular flexibility index (Phi) is 1.56. The molecule has 0 radical (unpaired) electrons. The van der Waals surface area contributed by atoms with Gasteiger partial charge in [-0.3, -0.25) is 4.79 Å². The van der Waals surface area contributed by atoms with E-state index in [1.165, 1.54) is 0 Å². The predicted octanol–water partition coefficient (Wildman–Crippen LogP) is 0.554. The molecular formula is C7H11NO. The lowest BCUT2D eigenvalue weighted by Gasteiger charge is -1.92. The topological polar surface area (TPSA) is 29.1 Å². The lowest BCUT2D eigenvalue weighted by molar-refractivity contribution is -0.122. The fourth-order valence-corrected chi connectivity index (χ4v) is 0.962. The van der Waals surface area contributed by atoms with Crippen molar-refractivity contribution >= 4 is 5.91 Å².